The van der Waals surface area contributed by atoms with Crippen LogP contribution in [-0.4, -0.2) is 23.9 Å². The summed E-state index contributed by atoms with van der Waals surface area (Å²) in [5, 5.41) is 5.54. The van der Waals surface area contributed by atoms with Gasteiger partial charge in [0.1, 0.15) is 0 Å². The lowest BCUT2D eigenvalue weighted by Crippen LogP contribution is -2.35. The van der Waals surface area contributed by atoms with Crippen LogP contribution in [0.15, 0.2) is 24.3 Å². The van der Waals surface area contributed by atoms with Crippen LogP contribution >= 0.6 is 0 Å². The van der Waals surface area contributed by atoms with Gasteiger partial charge in [0.15, 0.2) is 0 Å². The molecular weight excluding hydrogens is 254 g/mol. The molecule has 0 bridgehead atoms. The Kier molecular flexibility index (Phi) is 4.38. The zero-order chi connectivity index (χ0) is 14.5. The fourth-order valence-corrected chi connectivity index (χ4v) is 1.69. The maximum absolute atomic E-state index is 11.9. The third kappa shape index (κ3) is 3.84. The van der Waals surface area contributed by atoms with Crippen LogP contribution in [0.25, 0.3) is 0 Å². The number of anilines is 1. The highest BCUT2D eigenvalue weighted by molar-refractivity contribution is 5.98. The molecule has 5 nitrogen and oxygen atoms in total. The molecule has 20 heavy (non-hydrogen) atoms. The van der Waals surface area contributed by atoms with Crippen molar-refractivity contribution < 1.29 is 9.59 Å². The SMILES string of the molecule is C#CCC(N)C(=O)Nc1cccc(C(=O)NC2CC2)c1. The Labute approximate surface area is 117 Å². The highest BCUT2D eigenvalue weighted by atomic mass is 16.2. The van der Waals surface area contributed by atoms with Crippen molar-refractivity contribution in [2.45, 2.75) is 31.3 Å². The molecule has 0 aromatic heterocycles. The first-order chi connectivity index (χ1) is 9.60. The molecule has 104 valence electrons. The van der Waals surface area contributed by atoms with E-state index in [-0.39, 0.29) is 18.2 Å². The van der Waals surface area contributed by atoms with Crippen LogP contribution in [0, 0.1) is 12.3 Å². The number of carbonyl (C=O) groups is 2. The van der Waals surface area contributed by atoms with Gasteiger partial charge in [-0.25, -0.2) is 0 Å². The van der Waals surface area contributed by atoms with Gasteiger partial charge in [-0.3, -0.25) is 9.59 Å². The quantitative estimate of drug-likeness (QED) is 0.695. The predicted molar refractivity (Wildman–Crippen MR) is 77.0 cm³/mol. The monoisotopic (exact) mass is 271 g/mol. The van der Waals surface area contributed by atoms with E-state index in [0.717, 1.165) is 12.8 Å². The number of hydrogen-bond donors (Lipinski definition) is 3. The molecule has 1 aliphatic carbocycles. The normalized spacial score (nSPS) is 15.0. The topological polar surface area (TPSA) is 84.2 Å². The average Bonchev–Trinajstić information content (AvgIpc) is 3.23. The molecule has 0 heterocycles. The maximum atomic E-state index is 11.9. The van der Waals surface area contributed by atoms with E-state index in [2.05, 4.69) is 16.6 Å². The Morgan fingerprint density at radius 1 is 1.45 bits per heavy atom. The first-order valence-corrected chi connectivity index (χ1v) is 6.51. The second-order valence-electron chi connectivity index (χ2n) is 4.83. The van der Waals surface area contributed by atoms with E-state index < -0.39 is 6.04 Å². The van der Waals surface area contributed by atoms with Crippen LogP contribution in [0.3, 0.4) is 0 Å². The second-order valence-corrected chi connectivity index (χ2v) is 4.83. The Morgan fingerprint density at radius 3 is 2.85 bits per heavy atom. The Morgan fingerprint density at radius 2 is 2.20 bits per heavy atom. The van der Waals surface area contributed by atoms with E-state index in [0.29, 0.717) is 17.3 Å². The average molecular weight is 271 g/mol. The molecule has 0 radical (unpaired) electrons. The number of amides is 2. The standard InChI is InChI=1S/C15H17N3O2/c1-2-4-13(16)15(20)18-12-6-3-5-10(9-12)14(19)17-11-7-8-11/h1,3,5-6,9,11,13H,4,7-8,16H2,(H,17,19)(H,18,20). The first kappa shape index (κ1) is 14.1. The lowest BCUT2D eigenvalue weighted by atomic mass is 10.1. The molecule has 1 fully saturated rings. The van der Waals surface area contributed by atoms with E-state index in [4.69, 9.17) is 12.2 Å². The van der Waals surface area contributed by atoms with Crippen LogP contribution in [0.5, 0.6) is 0 Å². The summed E-state index contributed by atoms with van der Waals surface area (Å²) in [4.78, 5) is 23.6. The smallest absolute Gasteiger partial charge is 0.251 e. The highest BCUT2D eigenvalue weighted by Crippen LogP contribution is 2.20. The zero-order valence-corrected chi connectivity index (χ0v) is 11.1. The molecule has 2 amide bonds. The molecular formula is C15H17N3O2. The van der Waals surface area contributed by atoms with Gasteiger partial charge in [0.2, 0.25) is 5.91 Å². The maximum Gasteiger partial charge on any atom is 0.251 e. The molecule has 2 rings (SSSR count). The van der Waals surface area contributed by atoms with Gasteiger partial charge in [-0.05, 0) is 31.0 Å². The number of benzene rings is 1. The summed E-state index contributed by atoms with van der Waals surface area (Å²) in [5.74, 6) is 1.86. The van der Waals surface area contributed by atoms with Crippen molar-refractivity contribution in [3.05, 3.63) is 29.8 Å². The van der Waals surface area contributed by atoms with Crippen molar-refractivity contribution in [2.24, 2.45) is 5.73 Å². The zero-order valence-electron chi connectivity index (χ0n) is 11.1. The highest BCUT2D eigenvalue weighted by Gasteiger charge is 2.23. The van der Waals surface area contributed by atoms with Crippen LogP contribution in [0.2, 0.25) is 0 Å². The number of terminal acetylenes is 1. The lowest BCUT2D eigenvalue weighted by molar-refractivity contribution is -0.117. The van der Waals surface area contributed by atoms with Crippen LogP contribution in [-0.2, 0) is 4.79 Å². The third-order valence-corrected chi connectivity index (χ3v) is 2.98. The summed E-state index contributed by atoms with van der Waals surface area (Å²) >= 11 is 0. The summed E-state index contributed by atoms with van der Waals surface area (Å²) < 4.78 is 0. The summed E-state index contributed by atoms with van der Waals surface area (Å²) in [7, 11) is 0. The molecule has 4 N–H and O–H groups in total. The number of rotatable bonds is 5. The molecule has 5 heteroatoms. The van der Waals surface area contributed by atoms with E-state index >= 15 is 0 Å². The predicted octanol–water partition coefficient (Wildman–Crippen LogP) is 0.868. The minimum Gasteiger partial charge on any atom is -0.349 e. The fraction of sp³-hybridized carbons (Fsp3) is 0.333. The van der Waals surface area contributed by atoms with Crippen LogP contribution in [0.4, 0.5) is 5.69 Å². The summed E-state index contributed by atoms with van der Waals surface area (Å²) in [5.41, 5.74) is 6.66. The van der Waals surface area contributed by atoms with Crippen LogP contribution < -0.4 is 16.4 Å². The van der Waals surface area contributed by atoms with Gasteiger partial charge in [0.25, 0.3) is 5.91 Å². The molecule has 0 spiro atoms. The van der Waals surface area contributed by atoms with Gasteiger partial charge >= 0.3 is 0 Å². The summed E-state index contributed by atoms with van der Waals surface area (Å²) in [6.07, 6.45) is 7.35. The number of hydrogen-bond acceptors (Lipinski definition) is 3. The second kappa shape index (κ2) is 6.22. The van der Waals surface area contributed by atoms with Crippen molar-refractivity contribution in [2.75, 3.05) is 5.32 Å². The fourth-order valence-electron chi connectivity index (χ4n) is 1.69. The molecule has 0 saturated heterocycles. The van der Waals surface area contributed by atoms with Gasteiger partial charge in [-0.2, -0.15) is 0 Å². The number of carbonyl (C=O) groups excluding carboxylic acids is 2. The van der Waals surface area contributed by atoms with Gasteiger partial charge in [0, 0.05) is 23.7 Å². The number of nitrogens with two attached hydrogens (primary N) is 1. The summed E-state index contributed by atoms with van der Waals surface area (Å²) in [6, 6.07) is 6.29. The van der Waals surface area contributed by atoms with Crippen molar-refractivity contribution in [1.82, 2.24) is 5.32 Å². The van der Waals surface area contributed by atoms with Gasteiger partial charge in [-0.1, -0.05) is 6.07 Å². The minimum absolute atomic E-state index is 0.128. The molecule has 1 saturated carbocycles. The summed E-state index contributed by atoms with van der Waals surface area (Å²) in [6.45, 7) is 0. The lowest BCUT2D eigenvalue weighted by Gasteiger charge is -2.11. The van der Waals surface area contributed by atoms with Crippen molar-refractivity contribution in [3.8, 4) is 12.3 Å². The molecule has 1 aliphatic rings. The van der Waals surface area contributed by atoms with Crippen molar-refractivity contribution >= 4 is 17.5 Å². The van der Waals surface area contributed by atoms with E-state index in [1.165, 1.54) is 0 Å². The first-order valence-electron chi connectivity index (χ1n) is 6.51. The number of nitrogens with one attached hydrogen (secondary N) is 2. The van der Waals surface area contributed by atoms with Crippen molar-refractivity contribution in [3.63, 3.8) is 0 Å². The third-order valence-electron chi connectivity index (χ3n) is 2.98. The van der Waals surface area contributed by atoms with E-state index in [9.17, 15) is 9.59 Å². The Balaban J connectivity index is 2.00. The molecule has 1 aromatic carbocycles. The minimum atomic E-state index is -0.746. The largest absolute Gasteiger partial charge is 0.349 e. The Bertz CT molecular complexity index is 558. The molecule has 1 atom stereocenters. The molecule has 1 unspecified atom stereocenters. The van der Waals surface area contributed by atoms with E-state index in [1.54, 1.807) is 24.3 Å². The molecule has 0 aliphatic heterocycles. The van der Waals surface area contributed by atoms with Gasteiger partial charge in [0.05, 0.1) is 6.04 Å². The van der Waals surface area contributed by atoms with Crippen LogP contribution in [0.1, 0.15) is 29.6 Å². The van der Waals surface area contributed by atoms with Gasteiger partial charge < -0.3 is 16.4 Å². The molecule has 1 aromatic rings. The Hall–Kier alpha value is -2.32. The van der Waals surface area contributed by atoms with Crippen molar-refractivity contribution in [1.29, 1.82) is 0 Å². The van der Waals surface area contributed by atoms with E-state index in [1.807, 2.05) is 0 Å². The van der Waals surface area contributed by atoms with Gasteiger partial charge in [-0.15, -0.1) is 12.3 Å².